The van der Waals surface area contributed by atoms with Crippen LogP contribution in [0, 0.1) is 0 Å². The quantitative estimate of drug-likeness (QED) is 0.229. The number of nitrogen functional groups attached to an aromatic ring is 1. The average Bonchev–Trinajstić information content (AvgIpc) is 2.51. The Bertz CT molecular complexity index is 1130. The summed E-state index contributed by atoms with van der Waals surface area (Å²) in [4.78, 5) is 0. The van der Waals surface area contributed by atoms with Crippen LogP contribution in [-0.2, 0) is 0 Å². The minimum Gasteiger partial charge on any atom is -0.399 e. The summed E-state index contributed by atoms with van der Waals surface area (Å²) in [7, 11) is 0. The van der Waals surface area contributed by atoms with Gasteiger partial charge in [0, 0.05) is 5.69 Å². The van der Waals surface area contributed by atoms with E-state index in [1.165, 1.54) is 43.1 Å². The molecule has 0 saturated carbocycles. The van der Waals surface area contributed by atoms with Gasteiger partial charge in [0.2, 0.25) is 0 Å². The van der Waals surface area contributed by atoms with Crippen LogP contribution in [0.4, 0.5) is 5.69 Å². The van der Waals surface area contributed by atoms with Crippen molar-refractivity contribution in [3.8, 4) is 0 Å². The molecule has 0 fully saturated rings. The van der Waals surface area contributed by atoms with Crippen molar-refractivity contribution in [1.29, 1.82) is 0 Å². The SMILES string of the molecule is Nc1cc2cccc3c4cccc5cccc(c(c1)c23)c54. The van der Waals surface area contributed by atoms with Gasteiger partial charge in [0.15, 0.2) is 0 Å². The number of benzene rings is 5. The van der Waals surface area contributed by atoms with Gasteiger partial charge in [-0.15, -0.1) is 0 Å². The van der Waals surface area contributed by atoms with Gasteiger partial charge in [-0.1, -0.05) is 54.6 Å². The molecule has 0 unspecified atom stereocenters. The van der Waals surface area contributed by atoms with Crippen LogP contribution >= 0.6 is 0 Å². The highest BCUT2D eigenvalue weighted by Gasteiger charge is 2.12. The van der Waals surface area contributed by atoms with E-state index < -0.39 is 0 Å². The molecule has 1 heteroatoms. The fourth-order valence-corrected chi connectivity index (χ4v) is 3.68. The average molecular weight is 267 g/mol. The highest BCUT2D eigenvalue weighted by molar-refractivity contribution is 6.33. The van der Waals surface area contributed by atoms with Gasteiger partial charge in [-0.3, -0.25) is 0 Å². The van der Waals surface area contributed by atoms with Crippen molar-refractivity contribution in [3.63, 3.8) is 0 Å². The largest absolute Gasteiger partial charge is 0.399 e. The lowest BCUT2D eigenvalue weighted by Gasteiger charge is -2.14. The van der Waals surface area contributed by atoms with Gasteiger partial charge in [-0.25, -0.2) is 0 Å². The Morgan fingerprint density at radius 2 is 1.05 bits per heavy atom. The Balaban J connectivity index is 2.29. The van der Waals surface area contributed by atoms with E-state index in [9.17, 15) is 0 Å². The third-order valence-electron chi connectivity index (χ3n) is 4.48. The summed E-state index contributed by atoms with van der Waals surface area (Å²) in [5, 5.41) is 10.3. The number of rotatable bonds is 0. The summed E-state index contributed by atoms with van der Waals surface area (Å²) in [6.45, 7) is 0. The summed E-state index contributed by atoms with van der Waals surface area (Å²) >= 11 is 0. The molecule has 0 heterocycles. The second-order valence-electron chi connectivity index (χ2n) is 5.68. The molecule has 0 atom stereocenters. The lowest BCUT2D eigenvalue weighted by Crippen LogP contribution is -1.89. The highest BCUT2D eigenvalue weighted by atomic mass is 14.5. The lowest BCUT2D eigenvalue weighted by atomic mass is 9.90. The molecule has 1 nitrogen and oxygen atoms in total. The van der Waals surface area contributed by atoms with Crippen LogP contribution in [0.2, 0.25) is 0 Å². The number of anilines is 1. The lowest BCUT2D eigenvalue weighted by molar-refractivity contribution is 1.76. The molecule has 0 aliphatic carbocycles. The number of hydrogen-bond acceptors (Lipinski definition) is 1. The molecular weight excluding hydrogens is 254 g/mol. The maximum atomic E-state index is 6.12. The predicted octanol–water partition coefficient (Wildman–Crippen LogP) is 5.32. The molecule has 5 rings (SSSR count). The first-order valence-electron chi connectivity index (χ1n) is 7.18. The van der Waals surface area contributed by atoms with E-state index in [4.69, 9.17) is 5.73 Å². The van der Waals surface area contributed by atoms with Gasteiger partial charge >= 0.3 is 0 Å². The Kier molecular flexibility index (Phi) is 1.90. The molecule has 0 aromatic heterocycles. The second kappa shape index (κ2) is 3.64. The van der Waals surface area contributed by atoms with Crippen molar-refractivity contribution < 1.29 is 0 Å². The molecule has 0 saturated heterocycles. The maximum absolute atomic E-state index is 6.12. The van der Waals surface area contributed by atoms with Crippen LogP contribution in [0.5, 0.6) is 0 Å². The van der Waals surface area contributed by atoms with Crippen LogP contribution in [0.25, 0.3) is 43.1 Å². The predicted molar refractivity (Wildman–Crippen MR) is 92.1 cm³/mol. The zero-order chi connectivity index (χ0) is 14.0. The standard InChI is InChI=1S/C20H13N/c21-14-10-13-6-3-8-16-15-7-1-4-12-5-2-9-17(19(12)15)18(11-14)20(13)16/h1-11H,21H2. The third kappa shape index (κ3) is 1.30. The third-order valence-corrected chi connectivity index (χ3v) is 4.48. The van der Waals surface area contributed by atoms with E-state index >= 15 is 0 Å². The summed E-state index contributed by atoms with van der Waals surface area (Å²) in [5.74, 6) is 0. The van der Waals surface area contributed by atoms with Crippen molar-refractivity contribution in [3.05, 3.63) is 66.7 Å². The van der Waals surface area contributed by atoms with Crippen LogP contribution in [0.15, 0.2) is 66.7 Å². The summed E-state index contributed by atoms with van der Waals surface area (Å²) in [5.41, 5.74) is 6.95. The van der Waals surface area contributed by atoms with Crippen LogP contribution in [0.3, 0.4) is 0 Å². The molecule has 0 spiro atoms. The zero-order valence-electron chi connectivity index (χ0n) is 11.4. The first-order chi connectivity index (χ1) is 10.3. The summed E-state index contributed by atoms with van der Waals surface area (Å²) in [6.07, 6.45) is 0. The van der Waals surface area contributed by atoms with Crippen molar-refractivity contribution in [1.82, 2.24) is 0 Å². The Labute approximate surface area is 121 Å². The van der Waals surface area contributed by atoms with E-state index in [1.807, 2.05) is 0 Å². The second-order valence-corrected chi connectivity index (χ2v) is 5.68. The smallest absolute Gasteiger partial charge is 0.0326 e. The number of nitrogens with two attached hydrogens (primary N) is 1. The van der Waals surface area contributed by atoms with E-state index in [2.05, 4.69) is 66.7 Å². The van der Waals surface area contributed by atoms with Gasteiger partial charge < -0.3 is 5.73 Å². The fraction of sp³-hybridized carbons (Fsp3) is 0. The molecular formula is C20H13N. The first-order valence-corrected chi connectivity index (χ1v) is 7.18. The molecule has 0 bridgehead atoms. The van der Waals surface area contributed by atoms with Crippen LogP contribution < -0.4 is 5.73 Å². The molecule has 0 aliphatic rings. The fourth-order valence-electron chi connectivity index (χ4n) is 3.68. The van der Waals surface area contributed by atoms with E-state index in [-0.39, 0.29) is 0 Å². The Morgan fingerprint density at radius 3 is 1.71 bits per heavy atom. The maximum Gasteiger partial charge on any atom is 0.0326 e. The van der Waals surface area contributed by atoms with E-state index in [0.717, 1.165) is 5.69 Å². The van der Waals surface area contributed by atoms with Crippen LogP contribution in [-0.4, -0.2) is 0 Å². The molecule has 0 radical (unpaired) electrons. The molecule has 98 valence electrons. The van der Waals surface area contributed by atoms with Crippen LogP contribution in [0.1, 0.15) is 0 Å². The minimum absolute atomic E-state index is 0.825. The molecule has 0 amide bonds. The van der Waals surface area contributed by atoms with Gasteiger partial charge in [0.25, 0.3) is 0 Å². The molecule has 21 heavy (non-hydrogen) atoms. The Morgan fingerprint density at radius 1 is 0.524 bits per heavy atom. The molecule has 0 aliphatic heterocycles. The molecule has 2 N–H and O–H groups in total. The minimum atomic E-state index is 0.825. The normalized spacial score (nSPS) is 12.0. The van der Waals surface area contributed by atoms with Crippen molar-refractivity contribution in [2.45, 2.75) is 0 Å². The van der Waals surface area contributed by atoms with Gasteiger partial charge in [-0.2, -0.15) is 0 Å². The zero-order valence-corrected chi connectivity index (χ0v) is 11.4. The highest BCUT2D eigenvalue weighted by Crippen LogP contribution is 2.40. The number of fused-ring (bicyclic) bond motifs is 2. The first kappa shape index (κ1) is 10.9. The van der Waals surface area contributed by atoms with Gasteiger partial charge in [0.05, 0.1) is 0 Å². The van der Waals surface area contributed by atoms with Crippen molar-refractivity contribution >= 4 is 48.8 Å². The molecule has 5 aromatic carbocycles. The van der Waals surface area contributed by atoms with E-state index in [1.54, 1.807) is 0 Å². The van der Waals surface area contributed by atoms with Crippen molar-refractivity contribution in [2.24, 2.45) is 0 Å². The monoisotopic (exact) mass is 267 g/mol. The van der Waals surface area contributed by atoms with Gasteiger partial charge in [0.1, 0.15) is 0 Å². The number of hydrogen-bond donors (Lipinski definition) is 1. The summed E-state index contributed by atoms with van der Waals surface area (Å²) < 4.78 is 0. The van der Waals surface area contributed by atoms with Crippen molar-refractivity contribution in [2.75, 3.05) is 5.73 Å². The van der Waals surface area contributed by atoms with Gasteiger partial charge in [-0.05, 0) is 55.2 Å². The topological polar surface area (TPSA) is 26.0 Å². The van der Waals surface area contributed by atoms with E-state index in [0.29, 0.717) is 0 Å². The summed E-state index contributed by atoms with van der Waals surface area (Å²) in [6, 6.07) is 23.7. The Hall–Kier alpha value is -2.80. The molecule has 5 aromatic rings.